The highest BCUT2D eigenvalue weighted by atomic mass is 15.2. The summed E-state index contributed by atoms with van der Waals surface area (Å²) in [5, 5.41) is 3.36. The van der Waals surface area contributed by atoms with Gasteiger partial charge in [-0.3, -0.25) is 4.98 Å². The van der Waals surface area contributed by atoms with Crippen molar-refractivity contribution in [1.82, 2.24) is 15.3 Å². The number of nitrogens with zero attached hydrogens (tertiary/aromatic N) is 3. The Morgan fingerprint density at radius 2 is 1.95 bits per heavy atom. The molecule has 21 heavy (non-hydrogen) atoms. The molecule has 0 bridgehead atoms. The van der Waals surface area contributed by atoms with Gasteiger partial charge < -0.3 is 10.2 Å². The van der Waals surface area contributed by atoms with Crippen LogP contribution in [-0.4, -0.2) is 22.6 Å². The average molecular weight is 282 g/mol. The molecule has 2 aromatic rings. The van der Waals surface area contributed by atoms with Crippen molar-refractivity contribution in [2.75, 3.05) is 11.4 Å². The van der Waals surface area contributed by atoms with Gasteiger partial charge in [-0.1, -0.05) is 38.1 Å². The number of hydrogen-bond donors (Lipinski definition) is 1. The largest absolute Gasteiger partial charge is 0.351 e. The Balaban J connectivity index is 1.68. The summed E-state index contributed by atoms with van der Waals surface area (Å²) in [5.41, 5.74) is 3.85. The lowest BCUT2D eigenvalue weighted by Crippen LogP contribution is -2.31. The Kier molecular flexibility index (Phi) is 4.15. The van der Waals surface area contributed by atoms with Gasteiger partial charge in [-0.2, -0.15) is 0 Å². The van der Waals surface area contributed by atoms with Gasteiger partial charge in [0.2, 0.25) is 0 Å². The minimum absolute atomic E-state index is 0.463. The highest BCUT2D eigenvalue weighted by Gasteiger charge is 2.17. The van der Waals surface area contributed by atoms with Crippen molar-refractivity contribution in [2.45, 2.75) is 39.4 Å². The third-order valence-electron chi connectivity index (χ3n) is 3.84. The molecule has 1 aromatic carbocycles. The fraction of sp³-hybridized carbons (Fsp3) is 0.412. The SMILES string of the molecule is CC(C)NCc1cnc(N2CCc3ccccc3C2)cn1. The predicted octanol–water partition coefficient (Wildman–Crippen LogP) is 2.54. The monoisotopic (exact) mass is 282 g/mol. The lowest BCUT2D eigenvalue weighted by Gasteiger charge is -2.29. The highest BCUT2D eigenvalue weighted by molar-refractivity contribution is 5.42. The van der Waals surface area contributed by atoms with Crippen molar-refractivity contribution in [3.8, 4) is 0 Å². The maximum absolute atomic E-state index is 4.58. The molecule has 4 nitrogen and oxygen atoms in total. The predicted molar refractivity (Wildman–Crippen MR) is 85.2 cm³/mol. The Hall–Kier alpha value is -1.94. The second kappa shape index (κ2) is 6.22. The van der Waals surface area contributed by atoms with E-state index in [2.05, 4.69) is 58.3 Å². The maximum Gasteiger partial charge on any atom is 0.147 e. The molecule has 110 valence electrons. The fourth-order valence-electron chi connectivity index (χ4n) is 2.60. The molecule has 0 atom stereocenters. The molecule has 0 aliphatic carbocycles. The van der Waals surface area contributed by atoms with Gasteiger partial charge in [-0.25, -0.2) is 4.98 Å². The molecule has 0 saturated heterocycles. The molecule has 2 heterocycles. The van der Waals surface area contributed by atoms with Crippen LogP contribution >= 0.6 is 0 Å². The topological polar surface area (TPSA) is 41.1 Å². The summed E-state index contributed by atoms with van der Waals surface area (Å²) in [7, 11) is 0. The Morgan fingerprint density at radius 1 is 1.14 bits per heavy atom. The van der Waals surface area contributed by atoms with E-state index in [1.807, 2.05) is 12.4 Å². The van der Waals surface area contributed by atoms with Crippen molar-refractivity contribution in [1.29, 1.82) is 0 Å². The van der Waals surface area contributed by atoms with Gasteiger partial charge in [0.25, 0.3) is 0 Å². The zero-order valence-corrected chi connectivity index (χ0v) is 12.7. The van der Waals surface area contributed by atoms with Crippen molar-refractivity contribution in [3.63, 3.8) is 0 Å². The third-order valence-corrected chi connectivity index (χ3v) is 3.84. The van der Waals surface area contributed by atoms with Gasteiger partial charge in [0.05, 0.1) is 18.1 Å². The molecular weight excluding hydrogens is 260 g/mol. The first-order valence-corrected chi connectivity index (χ1v) is 7.58. The minimum Gasteiger partial charge on any atom is -0.351 e. The van der Waals surface area contributed by atoms with E-state index in [4.69, 9.17) is 0 Å². The van der Waals surface area contributed by atoms with Crippen LogP contribution in [0.2, 0.25) is 0 Å². The van der Waals surface area contributed by atoms with Crippen LogP contribution in [0.25, 0.3) is 0 Å². The summed E-state index contributed by atoms with van der Waals surface area (Å²) in [4.78, 5) is 11.4. The van der Waals surface area contributed by atoms with E-state index >= 15 is 0 Å². The van der Waals surface area contributed by atoms with Gasteiger partial charge in [-0.15, -0.1) is 0 Å². The molecule has 0 spiro atoms. The summed E-state index contributed by atoms with van der Waals surface area (Å²) < 4.78 is 0. The first-order valence-electron chi connectivity index (χ1n) is 7.58. The Morgan fingerprint density at radius 3 is 2.67 bits per heavy atom. The van der Waals surface area contributed by atoms with Crippen molar-refractivity contribution in [3.05, 3.63) is 53.5 Å². The zero-order valence-electron chi connectivity index (χ0n) is 12.7. The minimum atomic E-state index is 0.463. The highest BCUT2D eigenvalue weighted by Crippen LogP contribution is 2.22. The summed E-state index contributed by atoms with van der Waals surface area (Å²) in [5.74, 6) is 0.970. The van der Waals surface area contributed by atoms with Gasteiger partial charge in [0, 0.05) is 25.7 Å². The smallest absolute Gasteiger partial charge is 0.147 e. The lowest BCUT2D eigenvalue weighted by atomic mass is 10.0. The van der Waals surface area contributed by atoms with Crippen LogP contribution in [-0.2, 0) is 19.5 Å². The molecule has 0 amide bonds. The van der Waals surface area contributed by atoms with E-state index in [0.717, 1.165) is 37.6 Å². The molecular formula is C17H22N4. The summed E-state index contributed by atoms with van der Waals surface area (Å²) in [6.07, 6.45) is 4.85. The first-order chi connectivity index (χ1) is 10.2. The van der Waals surface area contributed by atoms with Gasteiger partial charge in [-0.05, 0) is 17.5 Å². The van der Waals surface area contributed by atoms with E-state index in [9.17, 15) is 0 Å². The average Bonchev–Trinajstić information content (AvgIpc) is 2.53. The molecule has 3 rings (SSSR count). The lowest BCUT2D eigenvalue weighted by molar-refractivity contribution is 0.579. The molecule has 4 heteroatoms. The van der Waals surface area contributed by atoms with Crippen molar-refractivity contribution < 1.29 is 0 Å². The molecule has 0 saturated carbocycles. The second-order valence-corrected chi connectivity index (χ2v) is 5.84. The molecule has 1 aliphatic rings. The van der Waals surface area contributed by atoms with Crippen LogP contribution in [0, 0.1) is 0 Å². The summed E-state index contributed by atoms with van der Waals surface area (Å²) in [6.45, 7) is 6.97. The molecule has 1 aliphatic heterocycles. The van der Waals surface area contributed by atoms with E-state index in [1.54, 1.807) is 0 Å². The van der Waals surface area contributed by atoms with Gasteiger partial charge in [0.15, 0.2) is 0 Å². The van der Waals surface area contributed by atoms with Crippen molar-refractivity contribution >= 4 is 5.82 Å². The quantitative estimate of drug-likeness (QED) is 0.935. The number of fused-ring (bicyclic) bond motifs is 1. The van der Waals surface area contributed by atoms with Crippen molar-refractivity contribution in [2.24, 2.45) is 0 Å². The Bertz CT molecular complexity index is 592. The van der Waals surface area contributed by atoms with Crippen LogP contribution in [0.4, 0.5) is 5.82 Å². The fourth-order valence-corrected chi connectivity index (χ4v) is 2.60. The number of rotatable bonds is 4. The van der Waals surface area contributed by atoms with Crippen LogP contribution in [0.5, 0.6) is 0 Å². The van der Waals surface area contributed by atoms with Gasteiger partial charge in [0.1, 0.15) is 5.82 Å². The Labute approximate surface area is 126 Å². The zero-order chi connectivity index (χ0) is 14.7. The van der Waals surface area contributed by atoms with E-state index in [0.29, 0.717) is 6.04 Å². The van der Waals surface area contributed by atoms with Crippen LogP contribution in [0.1, 0.15) is 30.7 Å². The van der Waals surface area contributed by atoms with Crippen LogP contribution in [0.15, 0.2) is 36.7 Å². The molecule has 0 unspecified atom stereocenters. The number of benzene rings is 1. The van der Waals surface area contributed by atoms with Gasteiger partial charge >= 0.3 is 0 Å². The van der Waals surface area contributed by atoms with E-state index in [1.165, 1.54) is 11.1 Å². The summed E-state index contributed by atoms with van der Waals surface area (Å²) >= 11 is 0. The third kappa shape index (κ3) is 3.39. The maximum atomic E-state index is 4.58. The molecule has 0 radical (unpaired) electrons. The van der Waals surface area contributed by atoms with Crippen LogP contribution in [0.3, 0.4) is 0 Å². The first kappa shape index (κ1) is 14.0. The summed E-state index contributed by atoms with van der Waals surface area (Å²) in [6, 6.07) is 9.11. The van der Waals surface area contributed by atoms with E-state index in [-0.39, 0.29) is 0 Å². The number of hydrogen-bond acceptors (Lipinski definition) is 4. The second-order valence-electron chi connectivity index (χ2n) is 5.84. The van der Waals surface area contributed by atoms with Crippen LogP contribution < -0.4 is 10.2 Å². The molecule has 1 aromatic heterocycles. The number of anilines is 1. The number of nitrogens with one attached hydrogen (secondary N) is 1. The van der Waals surface area contributed by atoms with E-state index < -0.39 is 0 Å². The standard InChI is InChI=1S/C17H22N4/c1-13(2)18-9-16-10-20-17(11-19-16)21-8-7-14-5-3-4-6-15(14)12-21/h3-6,10-11,13,18H,7-9,12H2,1-2H3. The molecule has 1 N–H and O–H groups in total. The normalized spacial score (nSPS) is 14.3. The number of aromatic nitrogens is 2. The molecule has 0 fully saturated rings.